The molecule has 26 heavy (non-hydrogen) atoms. The van der Waals surface area contributed by atoms with Gasteiger partial charge in [0.25, 0.3) is 5.91 Å². The second kappa shape index (κ2) is 8.22. The summed E-state index contributed by atoms with van der Waals surface area (Å²) in [6.45, 7) is -0.652. The summed E-state index contributed by atoms with van der Waals surface area (Å²) in [4.78, 5) is 11.7. The third-order valence-corrected chi connectivity index (χ3v) is 7.32. The Morgan fingerprint density at radius 2 is 1.77 bits per heavy atom. The van der Waals surface area contributed by atoms with Crippen LogP contribution in [0.5, 0.6) is 0 Å². The van der Waals surface area contributed by atoms with E-state index in [4.69, 9.17) is 21.8 Å². The van der Waals surface area contributed by atoms with Gasteiger partial charge in [-0.3, -0.25) is 4.79 Å². The van der Waals surface area contributed by atoms with E-state index < -0.39 is 52.9 Å². The van der Waals surface area contributed by atoms with Gasteiger partial charge in [0.2, 0.25) is 10.0 Å². The molecular formula is C15H21ClN2O6S2. The van der Waals surface area contributed by atoms with Gasteiger partial charge in [-0.2, -0.15) is 0 Å². The van der Waals surface area contributed by atoms with Crippen molar-refractivity contribution in [2.75, 3.05) is 12.4 Å². The van der Waals surface area contributed by atoms with E-state index in [2.05, 4.69) is 5.32 Å². The van der Waals surface area contributed by atoms with E-state index in [9.17, 15) is 21.6 Å². The number of aliphatic hydroxyl groups excluding tert-OH is 1. The van der Waals surface area contributed by atoms with Crippen LogP contribution in [0, 0.1) is 0 Å². The van der Waals surface area contributed by atoms with E-state index in [0.29, 0.717) is 0 Å². The zero-order chi connectivity index (χ0) is 19.5. The van der Waals surface area contributed by atoms with Crippen molar-refractivity contribution in [3.05, 3.63) is 22.7 Å². The van der Waals surface area contributed by atoms with Crippen LogP contribution in [-0.2, 0) is 19.9 Å². The van der Waals surface area contributed by atoms with E-state index in [1.807, 2.05) is 0 Å². The van der Waals surface area contributed by atoms with Gasteiger partial charge in [-0.05, 0) is 25.0 Å². The maximum absolute atomic E-state index is 12.7. The first-order chi connectivity index (χ1) is 12.1. The number of sulfone groups is 1. The Kier molecular flexibility index (Phi) is 6.67. The molecule has 8 nitrogen and oxygen atoms in total. The number of amides is 1. The number of carbonyl (C=O) groups excluding carboxylic acids is 1. The number of hydrogen-bond donors (Lipinski definition) is 3. The molecule has 0 saturated heterocycles. The number of halogens is 1. The zero-order valence-corrected chi connectivity index (χ0v) is 16.3. The lowest BCUT2D eigenvalue weighted by molar-refractivity contribution is 0.0924. The molecule has 1 amide bonds. The predicted molar refractivity (Wildman–Crippen MR) is 96.3 cm³/mol. The van der Waals surface area contributed by atoms with Crippen molar-refractivity contribution in [3.8, 4) is 0 Å². The normalized spacial score (nSPS) is 16.4. The first kappa shape index (κ1) is 21.1. The lowest BCUT2D eigenvalue weighted by Crippen LogP contribution is -2.37. The number of aliphatic hydroxyl groups is 1. The van der Waals surface area contributed by atoms with E-state index in [1.165, 1.54) is 0 Å². The molecule has 4 N–H and O–H groups in total. The molecule has 1 aliphatic carbocycles. The van der Waals surface area contributed by atoms with Crippen LogP contribution in [0.1, 0.15) is 42.5 Å². The van der Waals surface area contributed by atoms with Gasteiger partial charge in [0.05, 0.1) is 27.8 Å². The molecule has 0 atom stereocenters. The van der Waals surface area contributed by atoms with E-state index in [-0.39, 0.29) is 11.6 Å². The average molecular weight is 425 g/mol. The summed E-state index contributed by atoms with van der Waals surface area (Å²) in [5.74, 6) is -1.34. The van der Waals surface area contributed by atoms with E-state index >= 15 is 0 Å². The Bertz CT molecular complexity index is 893. The van der Waals surface area contributed by atoms with Gasteiger partial charge < -0.3 is 10.4 Å². The van der Waals surface area contributed by atoms with Crippen LogP contribution in [-0.4, -0.2) is 46.3 Å². The average Bonchev–Trinajstić information content (AvgIpc) is 2.54. The SMILES string of the molecule is NS(=O)(=O)c1cc(C(=O)NC2CCCCC2)c(S(=O)(=O)CCO)cc1Cl. The van der Waals surface area contributed by atoms with Gasteiger partial charge in [0.1, 0.15) is 4.90 Å². The van der Waals surface area contributed by atoms with Gasteiger partial charge in [0, 0.05) is 6.04 Å². The molecule has 0 spiro atoms. The second-order valence-electron chi connectivity index (χ2n) is 6.17. The topological polar surface area (TPSA) is 144 Å². The molecule has 1 fully saturated rings. The van der Waals surface area contributed by atoms with Crippen molar-refractivity contribution in [2.45, 2.75) is 47.9 Å². The Balaban J connectivity index is 2.53. The van der Waals surface area contributed by atoms with E-state index in [1.54, 1.807) is 0 Å². The van der Waals surface area contributed by atoms with Gasteiger partial charge in [-0.25, -0.2) is 22.0 Å². The molecule has 146 valence electrons. The molecule has 1 aliphatic rings. The standard InChI is InChI=1S/C15H21ClN2O6S2/c16-12-9-13(25(21,22)7-6-19)11(8-14(12)26(17,23)24)15(20)18-10-4-2-1-3-5-10/h8-10,19H,1-7H2,(H,18,20)(H2,17,23,24). The predicted octanol–water partition coefficient (Wildman–Crippen LogP) is 0.816. The van der Waals surface area contributed by atoms with Crippen LogP contribution in [0.3, 0.4) is 0 Å². The Hall–Kier alpha value is -1.20. The smallest absolute Gasteiger partial charge is 0.252 e. The Morgan fingerprint density at radius 3 is 2.31 bits per heavy atom. The third-order valence-electron chi connectivity index (χ3n) is 4.22. The number of benzene rings is 1. The minimum absolute atomic E-state index is 0.113. The van der Waals surface area contributed by atoms with E-state index in [0.717, 1.165) is 44.2 Å². The minimum Gasteiger partial charge on any atom is -0.395 e. The lowest BCUT2D eigenvalue weighted by Gasteiger charge is -2.23. The maximum Gasteiger partial charge on any atom is 0.252 e. The molecule has 0 unspecified atom stereocenters. The van der Waals surface area contributed by atoms with Gasteiger partial charge in [-0.15, -0.1) is 0 Å². The molecule has 1 aromatic carbocycles. The van der Waals surface area contributed by atoms with Crippen molar-refractivity contribution in [3.63, 3.8) is 0 Å². The summed E-state index contributed by atoms with van der Waals surface area (Å²) in [5, 5.41) is 16.4. The van der Waals surface area contributed by atoms with Crippen molar-refractivity contribution in [2.24, 2.45) is 5.14 Å². The van der Waals surface area contributed by atoms with Gasteiger partial charge >= 0.3 is 0 Å². The van der Waals surface area contributed by atoms with Crippen molar-refractivity contribution >= 4 is 37.4 Å². The molecule has 0 heterocycles. The summed E-state index contributed by atoms with van der Waals surface area (Å²) < 4.78 is 48.1. The van der Waals surface area contributed by atoms with Crippen LogP contribution in [0.2, 0.25) is 5.02 Å². The molecule has 0 bridgehead atoms. The van der Waals surface area contributed by atoms with Crippen LogP contribution in [0.15, 0.2) is 21.9 Å². The number of hydrogen-bond acceptors (Lipinski definition) is 6. The van der Waals surface area contributed by atoms with Gasteiger partial charge in [0.15, 0.2) is 9.84 Å². The Morgan fingerprint density at radius 1 is 1.15 bits per heavy atom. The van der Waals surface area contributed by atoms with Crippen molar-refractivity contribution in [1.29, 1.82) is 0 Å². The van der Waals surface area contributed by atoms with Crippen molar-refractivity contribution < 1.29 is 26.7 Å². The van der Waals surface area contributed by atoms with Crippen LogP contribution < -0.4 is 10.5 Å². The maximum atomic E-state index is 12.7. The highest BCUT2D eigenvalue weighted by Gasteiger charge is 2.28. The summed E-state index contributed by atoms with van der Waals surface area (Å²) >= 11 is 5.87. The van der Waals surface area contributed by atoms with Crippen LogP contribution in [0.25, 0.3) is 0 Å². The second-order valence-corrected chi connectivity index (χ2v) is 10.2. The summed E-state index contributed by atoms with van der Waals surface area (Å²) in [5.41, 5.74) is -0.350. The van der Waals surface area contributed by atoms with Crippen molar-refractivity contribution in [1.82, 2.24) is 5.32 Å². The number of rotatable bonds is 6. The molecule has 11 heteroatoms. The van der Waals surface area contributed by atoms with Crippen LogP contribution in [0.4, 0.5) is 0 Å². The first-order valence-electron chi connectivity index (χ1n) is 8.07. The molecule has 1 saturated carbocycles. The first-order valence-corrected chi connectivity index (χ1v) is 11.6. The third kappa shape index (κ3) is 4.95. The molecule has 0 aliphatic heterocycles. The van der Waals surface area contributed by atoms with Crippen LogP contribution >= 0.6 is 11.6 Å². The number of carbonyl (C=O) groups is 1. The molecule has 0 radical (unpaired) electrons. The Labute approximate surface area is 157 Å². The summed E-state index contributed by atoms with van der Waals surface area (Å²) in [6.07, 6.45) is 4.49. The molecule has 2 rings (SSSR count). The zero-order valence-electron chi connectivity index (χ0n) is 13.9. The highest BCUT2D eigenvalue weighted by Crippen LogP contribution is 2.29. The monoisotopic (exact) mass is 424 g/mol. The van der Waals surface area contributed by atoms with Gasteiger partial charge in [-0.1, -0.05) is 30.9 Å². The molecule has 1 aromatic rings. The fraction of sp³-hybridized carbons (Fsp3) is 0.533. The minimum atomic E-state index is -4.25. The highest BCUT2D eigenvalue weighted by atomic mass is 35.5. The summed E-state index contributed by atoms with van der Waals surface area (Å²) in [7, 11) is -8.30. The lowest BCUT2D eigenvalue weighted by atomic mass is 9.95. The number of nitrogens with one attached hydrogen (secondary N) is 1. The number of primary sulfonamides is 1. The number of sulfonamides is 1. The highest BCUT2D eigenvalue weighted by molar-refractivity contribution is 7.91. The number of nitrogens with two attached hydrogens (primary N) is 1. The largest absolute Gasteiger partial charge is 0.395 e. The fourth-order valence-corrected chi connectivity index (χ4v) is 5.34. The fourth-order valence-electron chi connectivity index (χ4n) is 2.93. The summed E-state index contributed by atoms with van der Waals surface area (Å²) in [6, 6.07) is 1.65. The quantitative estimate of drug-likeness (QED) is 0.616. The molecule has 0 aromatic heterocycles. The molecular weight excluding hydrogens is 404 g/mol.